The van der Waals surface area contributed by atoms with Crippen LogP contribution in [0.4, 0.5) is 10.5 Å². The first kappa shape index (κ1) is 26.4. The van der Waals surface area contributed by atoms with E-state index in [2.05, 4.69) is 15.6 Å². The Morgan fingerprint density at radius 1 is 1.24 bits per heavy atom. The van der Waals surface area contributed by atoms with Gasteiger partial charge in [0.15, 0.2) is 18.2 Å². The van der Waals surface area contributed by atoms with Crippen molar-refractivity contribution in [1.29, 1.82) is 0 Å². The number of carbonyl (C=O) groups excluding carboxylic acids is 2. The Bertz CT molecular complexity index is 947. The third-order valence-electron chi connectivity index (χ3n) is 4.76. The molecule has 0 fully saturated rings. The van der Waals surface area contributed by atoms with Gasteiger partial charge in [-0.3, -0.25) is 10.1 Å². The Balaban J connectivity index is 2.38. The van der Waals surface area contributed by atoms with E-state index in [0.717, 1.165) is 11.6 Å². The van der Waals surface area contributed by atoms with Crippen LogP contribution in [0.3, 0.4) is 0 Å². The average molecular weight is 480 g/mol. The number of nitrogens with two attached hydrogens (primary N) is 3. The minimum Gasteiger partial charge on any atom is -0.477 e. The van der Waals surface area contributed by atoms with Gasteiger partial charge in [-0.25, -0.2) is 14.6 Å². The number of guanidine groups is 1. The molecule has 14 nitrogen and oxygen atoms in total. The SMILES string of the molecule is CC(=O)NC1C(N=C(N)N)C=C(C(=O)O)OC1C(OC(=O)Nc1ccc(CN)cc1)C(O)CO. The van der Waals surface area contributed by atoms with Gasteiger partial charge in [0, 0.05) is 19.2 Å². The van der Waals surface area contributed by atoms with Gasteiger partial charge in [0.2, 0.25) is 11.7 Å². The number of carboxylic acid groups (broad SMARTS) is 1. The van der Waals surface area contributed by atoms with E-state index in [0.29, 0.717) is 12.2 Å². The van der Waals surface area contributed by atoms with Gasteiger partial charge in [-0.15, -0.1) is 0 Å². The van der Waals surface area contributed by atoms with Gasteiger partial charge >= 0.3 is 12.1 Å². The number of hydrogen-bond donors (Lipinski definition) is 8. The molecule has 2 amide bonds. The lowest BCUT2D eigenvalue weighted by Gasteiger charge is -2.39. The number of anilines is 1. The maximum absolute atomic E-state index is 12.6. The molecule has 2 rings (SSSR count). The molecule has 11 N–H and O–H groups in total. The second kappa shape index (κ2) is 11.8. The number of benzene rings is 1. The number of nitrogens with one attached hydrogen (secondary N) is 2. The lowest BCUT2D eigenvalue weighted by Crippen LogP contribution is -2.61. The smallest absolute Gasteiger partial charge is 0.412 e. The maximum Gasteiger partial charge on any atom is 0.412 e. The quantitative estimate of drug-likeness (QED) is 0.141. The molecule has 0 bridgehead atoms. The van der Waals surface area contributed by atoms with Crippen LogP contribution in [0.25, 0.3) is 0 Å². The summed E-state index contributed by atoms with van der Waals surface area (Å²) in [5, 5.41) is 34.3. The van der Waals surface area contributed by atoms with Crippen LogP contribution >= 0.6 is 0 Å². The molecule has 5 unspecified atom stereocenters. The Labute approximate surface area is 194 Å². The molecule has 5 atom stereocenters. The third kappa shape index (κ3) is 7.06. The van der Waals surface area contributed by atoms with Gasteiger partial charge in [-0.05, 0) is 23.8 Å². The number of nitrogens with zero attached hydrogens (tertiary/aromatic N) is 1. The zero-order valence-electron chi connectivity index (χ0n) is 18.2. The lowest BCUT2D eigenvalue weighted by atomic mass is 9.92. The summed E-state index contributed by atoms with van der Waals surface area (Å²) in [6.07, 6.45) is -4.86. The number of carbonyl (C=O) groups is 3. The third-order valence-corrected chi connectivity index (χ3v) is 4.76. The summed E-state index contributed by atoms with van der Waals surface area (Å²) in [7, 11) is 0. The largest absolute Gasteiger partial charge is 0.477 e. The number of ether oxygens (including phenoxy) is 2. The van der Waals surface area contributed by atoms with Gasteiger partial charge in [0.05, 0.1) is 18.7 Å². The van der Waals surface area contributed by atoms with Crippen LogP contribution in [0, 0.1) is 0 Å². The van der Waals surface area contributed by atoms with Crippen molar-refractivity contribution >= 4 is 29.6 Å². The first-order chi connectivity index (χ1) is 16.0. The zero-order chi connectivity index (χ0) is 25.4. The van der Waals surface area contributed by atoms with Gasteiger partial charge in [-0.1, -0.05) is 12.1 Å². The van der Waals surface area contributed by atoms with Crippen LogP contribution in [0.15, 0.2) is 41.1 Å². The van der Waals surface area contributed by atoms with Crippen molar-refractivity contribution in [3.63, 3.8) is 0 Å². The summed E-state index contributed by atoms with van der Waals surface area (Å²) in [5.74, 6) is -3.09. The van der Waals surface area contributed by atoms with Crippen LogP contribution < -0.4 is 27.8 Å². The van der Waals surface area contributed by atoms with E-state index < -0.39 is 66.7 Å². The summed E-state index contributed by atoms with van der Waals surface area (Å²) in [6.45, 7) is 0.598. The van der Waals surface area contributed by atoms with Gasteiger partial charge in [-0.2, -0.15) is 0 Å². The normalized spacial score (nSPS) is 21.2. The van der Waals surface area contributed by atoms with Crippen LogP contribution in [-0.2, 0) is 25.6 Å². The Hall–Kier alpha value is -3.88. The standard InChI is InChI=1S/C20H28N6O8/c1-9(28)24-15-12(26-19(22)23)6-14(18(30)31)33-17(15)16(13(29)8-27)34-20(32)25-11-4-2-10(7-21)3-5-11/h2-6,12-13,15-17,27,29H,7-8,21H2,1H3,(H,24,28)(H,25,32)(H,30,31)(H4,22,23,26). The van der Waals surface area contributed by atoms with E-state index >= 15 is 0 Å². The highest BCUT2D eigenvalue weighted by molar-refractivity contribution is 5.86. The fourth-order valence-electron chi connectivity index (χ4n) is 3.26. The summed E-state index contributed by atoms with van der Waals surface area (Å²) >= 11 is 0. The molecule has 1 aliphatic heterocycles. The Morgan fingerprint density at radius 3 is 2.38 bits per heavy atom. The Kier molecular flexibility index (Phi) is 9.18. The van der Waals surface area contributed by atoms with Crippen molar-refractivity contribution in [3.05, 3.63) is 41.7 Å². The van der Waals surface area contributed by atoms with Crippen LogP contribution in [0.1, 0.15) is 12.5 Å². The van der Waals surface area contributed by atoms with E-state index in [4.69, 9.17) is 26.7 Å². The van der Waals surface area contributed by atoms with Crippen molar-refractivity contribution in [2.24, 2.45) is 22.2 Å². The molecule has 0 saturated carbocycles. The summed E-state index contributed by atoms with van der Waals surface area (Å²) in [4.78, 5) is 39.9. The number of hydrogen-bond acceptors (Lipinski definition) is 9. The van der Waals surface area contributed by atoms with Gasteiger partial charge in [0.1, 0.15) is 6.10 Å². The van der Waals surface area contributed by atoms with E-state index in [9.17, 15) is 29.7 Å². The molecule has 1 heterocycles. The molecule has 1 aromatic carbocycles. The number of aliphatic imine (C=N–C) groups is 1. The van der Waals surface area contributed by atoms with Crippen molar-refractivity contribution in [1.82, 2.24) is 5.32 Å². The molecule has 1 aliphatic rings. The van der Waals surface area contributed by atoms with Gasteiger partial charge in [0.25, 0.3) is 0 Å². The molecule has 0 radical (unpaired) electrons. The van der Waals surface area contributed by atoms with E-state index in [1.54, 1.807) is 24.3 Å². The van der Waals surface area contributed by atoms with Crippen molar-refractivity contribution < 1.29 is 39.2 Å². The minimum atomic E-state index is -1.72. The van der Waals surface area contributed by atoms with Crippen molar-refractivity contribution in [2.45, 2.75) is 43.9 Å². The number of rotatable bonds is 9. The second-order valence-electron chi connectivity index (χ2n) is 7.34. The predicted molar refractivity (Wildman–Crippen MR) is 119 cm³/mol. The lowest BCUT2D eigenvalue weighted by molar-refractivity contribution is -0.145. The molecular formula is C20H28N6O8. The fraction of sp³-hybridized carbons (Fsp3) is 0.400. The zero-order valence-corrected chi connectivity index (χ0v) is 18.2. The van der Waals surface area contributed by atoms with Crippen molar-refractivity contribution in [3.8, 4) is 0 Å². The van der Waals surface area contributed by atoms with Crippen LogP contribution in [0.5, 0.6) is 0 Å². The highest BCUT2D eigenvalue weighted by atomic mass is 16.6. The second-order valence-corrected chi connectivity index (χ2v) is 7.34. The minimum absolute atomic E-state index is 0.301. The van der Waals surface area contributed by atoms with Crippen LogP contribution in [0.2, 0.25) is 0 Å². The molecule has 0 saturated heterocycles. The number of aliphatic hydroxyl groups is 2. The molecule has 0 aliphatic carbocycles. The summed E-state index contributed by atoms with van der Waals surface area (Å²) in [5.41, 5.74) is 17.6. The average Bonchev–Trinajstić information content (AvgIpc) is 2.77. The molecule has 1 aromatic rings. The van der Waals surface area contributed by atoms with Gasteiger partial charge < -0.3 is 47.3 Å². The Morgan fingerprint density at radius 2 is 1.88 bits per heavy atom. The molecule has 0 spiro atoms. The maximum atomic E-state index is 12.6. The van der Waals surface area contributed by atoms with E-state index in [1.165, 1.54) is 6.92 Å². The van der Waals surface area contributed by atoms with Crippen molar-refractivity contribution in [2.75, 3.05) is 11.9 Å². The molecule has 186 valence electrons. The monoisotopic (exact) mass is 480 g/mol. The first-order valence-electron chi connectivity index (χ1n) is 10.1. The molecule has 14 heteroatoms. The predicted octanol–water partition coefficient (Wildman–Crippen LogP) is -2.07. The number of aliphatic hydroxyl groups excluding tert-OH is 2. The highest BCUT2D eigenvalue weighted by Crippen LogP contribution is 2.27. The molecule has 34 heavy (non-hydrogen) atoms. The highest BCUT2D eigenvalue weighted by Gasteiger charge is 2.46. The number of amides is 2. The molecule has 0 aromatic heterocycles. The first-order valence-corrected chi connectivity index (χ1v) is 10.1. The topological polar surface area (TPSA) is 245 Å². The number of aliphatic carboxylic acids is 1. The fourth-order valence-corrected chi connectivity index (χ4v) is 3.26. The molecular weight excluding hydrogens is 452 g/mol. The number of carboxylic acids is 1. The summed E-state index contributed by atoms with van der Waals surface area (Å²) < 4.78 is 10.7. The van der Waals surface area contributed by atoms with E-state index in [1.807, 2.05) is 0 Å². The summed E-state index contributed by atoms with van der Waals surface area (Å²) in [6, 6.07) is 4.16. The van der Waals surface area contributed by atoms with Crippen LogP contribution in [-0.4, -0.2) is 76.3 Å². The van der Waals surface area contributed by atoms with E-state index in [-0.39, 0.29) is 0 Å².